The second-order valence-corrected chi connectivity index (χ2v) is 4.25. The first kappa shape index (κ1) is 14.1. The molecule has 0 aromatic heterocycles. The van der Waals surface area contributed by atoms with Crippen molar-refractivity contribution in [3.63, 3.8) is 0 Å². The standard InChI is InChI=1S/C16H16O4/c1-19-14-7-5-13(6-8-14)16(18)11-20-15-4-2-3-12(9-15)10-17/h2-9,17H,10-11H2,1H3. The second kappa shape index (κ2) is 6.73. The van der Waals surface area contributed by atoms with E-state index in [1.54, 1.807) is 55.6 Å². The van der Waals surface area contributed by atoms with Gasteiger partial charge in [0.25, 0.3) is 0 Å². The summed E-state index contributed by atoms with van der Waals surface area (Å²) in [6, 6.07) is 13.9. The molecule has 1 N–H and O–H groups in total. The minimum absolute atomic E-state index is 0.0405. The van der Waals surface area contributed by atoms with Crippen molar-refractivity contribution in [1.82, 2.24) is 0 Å². The van der Waals surface area contributed by atoms with Gasteiger partial charge >= 0.3 is 0 Å². The van der Waals surface area contributed by atoms with Crippen LogP contribution in [0.15, 0.2) is 48.5 Å². The summed E-state index contributed by atoms with van der Waals surface area (Å²) in [6.45, 7) is -0.0924. The Labute approximate surface area is 117 Å². The molecular formula is C16H16O4. The minimum Gasteiger partial charge on any atom is -0.497 e. The van der Waals surface area contributed by atoms with Crippen LogP contribution in [0, 0.1) is 0 Å². The van der Waals surface area contributed by atoms with Crippen LogP contribution in [0.5, 0.6) is 11.5 Å². The normalized spacial score (nSPS) is 10.1. The fourth-order valence-corrected chi connectivity index (χ4v) is 1.74. The fourth-order valence-electron chi connectivity index (χ4n) is 1.74. The zero-order valence-electron chi connectivity index (χ0n) is 11.2. The van der Waals surface area contributed by atoms with Crippen LogP contribution in [0.25, 0.3) is 0 Å². The summed E-state index contributed by atoms with van der Waals surface area (Å²) in [7, 11) is 1.58. The van der Waals surface area contributed by atoms with E-state index in [9.17, 15) is 4.79 Å². The topological polar surface area (TPSA) is 55.8 Å². The molecule has 0 aliphatic rings. The lowest BCUT2D eigenvalue weighted by Crippen LogP contribution is -2.11. The largest absolute Gasteiger partial charge is 0.497 e. The Morgan fingerprint density at radius 2 is 1.85 bits per heavy atom. The number of rotatable bonds is 6. The summed E-state index contributed by atoms with van der Waals surface area (Å²) in [4.78, 5) is 12.0. The molecule has 4 heteroatoms. The molecule has 0 bridgehead atoms. The monoisotopic (exact) mass is 272 g/mol. The van der Waals surface area contributed by atoms with Gasteiger partial charge in [-0.1, -0.05) is 12.1 Å². The van der Waals surface area contributed by atoms with Gasteiger partial charge in [-0.25, -0.2) is 0 Å². The maximum Gasteiger partial charge on any atom is 0.200 e. The van der Waals surface area contributed by atoms with E-state index in [-0.39, 0.29) is 19.0 Å². The van der Waals surface area contributed by atoms with E-state index in [1.165, 1.54) is 0 Å². The zero-order chi connectivity index (χ0) is 14.4. The van der Waals surface area contributed by atoms with Gasteiger partial charge in [-0.15, -0.1) is 0 Å². The van der Waals surface area contributed by atoms with Crippen molar-refractivity contribution in [2.75, 3.05) is 13.7 Å². The molecule has 0 fully saturated rings. The molecule has 0 atom stereocenters. The highest BCUT2D eigenvalue weighted by atomic mass is 16.5. The summed E-state index contributed by atoms with van der Waals surface area (Å²) in [5.41, 5.74) is 1.32. The molecular weight excluding hydrogens is 256 g/mol. The van der Waals surface area contributed by atoms with E-state index in [2.05, 4.69) is 0 Å². The average Bonchev–Trinajstić information content (AvgIpc) is 2.53. The fraction of sp³-hybridized carbons (Fsp3) is 0.188. The lowest BCUT2D eigenvalue weighted by Gasteiger charge is -2.07. The molecule has 0 heterocycles. The quantitative estimate of drug-likeness (QED) is 0.821. The van der Waals surface area contributed by atoms with Crippen LogP contribution in [-0.4, -0.2) is 24.6 Å². The van der Waals surface area contributed by atoms with E-state index in [1.807, 2.05) is 0 Å². The average molecular weight is 272 g/mol. The van der Waals surface area contributed by atoms with Crippen LogP contribution >= 0.6 is 0 Å². The third-order valence-electron chi connectivity index (χ3n) is 2.86. The molecule has 20 heavy (non-hydrogen) atoms. The molecule has 0 saturated heterocycles. The smallest absolute Gasteiger partial charge is 0.200 e. The van der Waals surface area contributed by atoms with Crippen molar-refractivity contribution in [3.8, 4) is 11.5 Å². The highest BCUT2D eigenvalue weighted by Gasteiger charge is 2.07. The number of aliphatic hydroxyl groups is 1. The minimum atomic E-state index is -0.109. The number of methoxy groups -OCH3 is 1. The molecule has 0 aliphatic heterocycles. The Bertz CT molecular complexity index is 575. The summed E-state index contributed by atoms with van der Waals surface area (Å²) in [6.07, 6.45) is 0. The number of ketones is 1. The maximum absolute atomic E-state index is 12.0. The number of hydrogen-bond acceptors (Lipinski definition) is 4. The lowest BCUT2D eigenvalue weighted by molar-refractivity contribution is 0.0921. The number of ether oxygens (including phenoxy) is 2. The zero-order valence-corrected chi connectivity index (χ0v) is 11.2. The SMILES string of the molecule is COc1ccc(C(=O)COc2cccc(CO)c2)cc1. The summed E-state index contributed by atoms with van der Waals surface area (Å²) < 4.78 is 10.5. The van der Waals surface area contributed by atoms with Gasteiger partial charge in [0.1, 0.15) is 11.5 Å². The van der Waals surface area contributed by atoms with Crippen molar-refractivity contribution >= 4 is 5.78 Å². The third kappa shape index (κ3) is 3.59. The van der Waals surface area contributed by atoms with Gasteiger partial charge in [0.2, 0.25) is 0 Å². The number of carbonyl (C=O) groups excluding carboxylic acids is 1. The molecule has 0 unspecified atom stereocenters. The van der Waals surface area contributed by atoms with Gasteiger partial charge in [0, 0.05) is 5.56 Å². The number of carbonyl (C=O) groups is 1. The van der Waals surface area contributed by atoms with Crippen LogP contribution in [0.2, 0.25) is 0 Å². The number of hydrogen-bond donors (Lipinski definition) is 1. The van der Waals surface area contributed by atoms with Gasteiger partial charge in [0.05, 0.1) is 13.7 Å². The van der Waals surface area contributed by atoms with Crippen LogP contribution in [0.3, 0.4) is 0 Å². The third-order valence-corrected chi connectivity index (χ3v) is 2.86. The van der Waals surface area contributed by atoms with Gasteiger partial charge in [-0.3, -0.25) is 4.79 Å². The van der Waals surface area contributed by atoms with Gasteiger partial charge in [0.15, 0.2) is 12.4 Å². The van der Waals surface area contributed by atoms with Crippen molar-refractivity contribution in [1.29, 1.82) is 0 Å². The number of benzene rings is 2. The molecule has 2 aromatic rings. The van der Waals surface area contributed by atoms with Gasteiger partial charge in [-0.05, 0) is 42.0 Å². The van der Waals surface area contributed by atoms with E-state index in [0.29, 0.717) is 17.1 Å². The van der Waals surface area contributed by atoms with Crippen molar-refractivity contribution < 1.29 is 19.4 Å². The molecule has 2 rings (SSSR count). The first-order valence-electron chi connectivity index (χ1n) is 6.23. The van der Waals surface area contributed by atoms with Gasteiger partial charge < -0.3 is 14.6 Å². The van der Waals surface area contributed by atoms with Crippen LogP contribution < -0.4 is 9.47 Å². The summed E-state index contributed by atoms with van der Waals surface area (Å²) >= 11 is 0. The molecule has 4 nitrogen and oxygen atoms in total. The highest BCUT2D eigenvalue weighted by Crippen LogP contribution is 2.15. The summed E-state index contributed by atoms with van der Waals surface area (Å²) in [5.74, 6) is 1.17. The number of Topliss-reactive ketones (excluding diaryl/α,β-unsaturated/α-hetero) is 1. The predicted octanol–water partition coefficient (Wildman–Crippen LogP) is 2.45. The molecule has 104 valence electrons. The van der Waals surface area contributed by atoms with Crippen molar-refractivity contribution in [2.45, 2.75) is 6.61 Å². The summed E-state index contributed by atoms with van der Waals surface area (Å²) in [5, 5.41) is 9.03. The van der Waals surface area contributed by atoms with E-state index < -0.39 is 0 Å². The maximum atomic E-state index is 12.0. The Morgan fingerprint density at radius 3 is 2.50 bits per heavy atom. The molecule has 2 aromatic carbocycles. The first-order valence-corrected chi connectivity index (χ1v) is 6.23. The van der Waals surface area contributed by atoms with Gasteiger partial charge in [-0.2, -0.15) is 0 Å². The highest BCUT2D eigenvalue weighted by molar-refractivity contribution is 5.97. The first-order chi connectivity index (χ1) is 9.72. The number of aliphatic hydroxyl groups excluding tert-OH is 1. The van der Waals surface area contributed by atoms with Crippen molar-refractivity contribution in [2.24, 2.45) is 0 Å². The molecule has 0 spiro atoms. The molecule has 0 radical (unpaired) electrons. The van der Waals surface area contributed by atoms with Crippen LogP contribution in [0.4, 0.5) is 0 Å². The van der Waals surface area contributed by atoms with E-state index in [4.69, 9.17) is 14.6 Å². The second-order valence-electron chi connectivity index (χ2n) is 4.25. The molecule has 0 saturated carbocycles. The predicted molar refractivity (Wildman–Crippen MR) is 75.2 cm³/mol. The lowest BCUT2D eigenvalue weighted by atomic mass is 10.1. The van der Waals surface area contributed by atoms with E-state index >= 15 is 0 Å². The Balaban J connectivity index is 1.97. The van der Waals surface area contributed by atoms with E-state index in [0.717, 1.165) is 5.56 Å². The Morgan fingerprint density at radius 1 is 1.10 bits per heavy atom. The van der Waals surface area contributed by atoms with Crippen LogP contribution in [0.1, 0.15) is 15.9 Å². The van der Waals surface area contributed by atoms with Crippen molar-refractivity contribution in [3.05, 3.63) is 59.7 Å². The van der Waals surface area contributed by atoms with Crippen LogP contribution in [-0.2, 0) is 6.61 Å². The Kier molecular flexibility index (Phi) is 4.74. The molecule has 0 aliphatic carbocycles. The molecule has 0 amide bonds. The Hall–Kier alpha value is -2.33.